The fraction of sp³-hybridized carbons (Fsp3) is 0.222. The van der Waals surface area contributed by atoms with Crippen molar-refractivity contribution in [2.75, 3.05) is 6.61 Å². The summed E-state index contributed by atoms with van der Waals surface area (Å²) in [6.07, 6.45) is 3.68. The molecule has 2 heteroatoms. The summed E-state index contributed by atoms with van der Waals surface area (Å²) in [6, 6.07) is 51.6. The second-order valence-electron chi connectivity index (χ2n) is 20.9. The third kappa shape index (κ3) is 6.32. The number of hydrogen-bond acceptors (Lipinski definition) is 2. The van der Waals surface area contributed by atoms with Gasteiger partial charge in [-0.3, -0.25) is 0 Å². The van der Waals surface area contributed by atoms with Crippen LogP contribution in [0.25, 0.3) is 98.0 Å². The van der Waals surface area contributed by atoms with Crippen LogP contribution in [-0.4, -0.2) is 12.6 Å². The molecule has 1 aliphatic rings. The smallest absolute Gasteiger partial charge is 0.330 e. The Morgan fingerprint density at radius 1 is 0.523 bits per heavy atom. The normalized spacial score (nSPS) is 13.7. The monoisotopic (exact) mass is 844 g/mol. The molecule has 0 N–H and O–H groups in total. The summed E-state index contributed by atoms with van der Waals surface area (Å²) in [4.78, 5) is 12.0. The molecule has 10 aromatic carbocycles. The van der Waals surface area contributed by atoms with Crippen molar-refractivity contribution in [2.45, 2.75) is 84.0 Å². The number of benzene rings is 10. The second-order valence-corrected chi connectivity index (χ2v) is 20.9. The first-order chi connectivity index (χ1) is 31.2. The van der Waals surface area contributed by atoms with Crippen LogP contribution < -0.4 is 0 Å². The minimum Gasteiger partial charge on any atom is -0.463 e. The summed E-state index contributed by atoms with van der Waals surface area (Å²) in [7, 11) is 0. The first-order valence-electron chi connectivity index (χ1n) is 23.4. The molecule has 65 heavy (non-hydrogen) atoms. The first kappa shape index (κ1) is 41.0. The molecule has 0 bridgehead atoms. The van der Waals surface area contributed by atoms with E-state index in [-0.39, 0.29) is 16.8 Å². The fourth-order valence-electron chi connectivity index (χ4n) is 11.4. The summed E-state index contributed by atoms with van der Waals surface area (Å²) in [5.74, 6) is -0.378. The maximum absolute atomic E-state index is 12.0. The summed E-state index contributed by atoms with van der Waals surface area (Å²) >= 11 is 0. The number of hydrogen-bond donors (Lipinski definition) is 0. The van der Waals surface area contributed by atoms with Crippen molar-refractivity contribution in [1.29, 1.82) is 0 Å². The van der Waals surface area contributed by atoms with E-state index in [4.69, 9.17) is 11.3 Å². The molecule has 0 atom stereocenters. The van der Waals surface area contributed by atoms with Crippen LogP contribution in [0.2, 0.25) is 0 Å². The minimum atomic E-state index is -0.459. The van der Waals surface area contributed by atoms with Gasteiger partial charge >= 0.3 is 5.97 Å². The molecule has 0 aromatic heterocycles. The van der Waals surface area contributed by atoms with E-state index in [0.717, 1.165) is 24.8 Å². The number of unbranched alkanes of at least 4 members (excludes halogenated alkanes) is 1. The van der Waals surface area contributed by atoms with E-state index in [2.05, 4.69) is 189 Å². The van der Waals surface area contributed by atoms with Crippen molar-refractivity contribution in [3.05, 3.63) is 181 Å². The Balaban J connectivity index is 1.07. The van der Waals surface area contributed by atoms with E-state index in [1.165, 1.54) is 126 Å². The number of rotatable bonds is 9. The Kier molecular flexibility index (Phi) is 9.22. The molecule has 0 heterocycles. The van der Waals surface area contributed by atoms with Gasteiger partial charge in [-0.1, -0.05) is 182 Å². The number of ether oxygens (including phenoxy) is 1. The maximum Gasteiger partial charge on any atom is 0.330 e. The average molecular weight is 845 g/mol. The van der Waals surface area contributed by atoms with Crippen LogP contribution in [0.15, 0.2) is 158 Å². The van der Waals surface area contributed by atoms with E-state index in [1.54, 1.807) is 0 Å². The topological polar surface area (TPSA) is 26.3 Å². The standard InChI is InChI=1S/C63H56O2/c1-10-56(64)65-30-12-11-29-63(37(2)3)54-35-40(48-23-17-38-13-15-42-31-46(61(4,5)6)33-44-21-27-52(48)59(38)57(42)44)19-25-50(54)51-26-20-41(36-55(51)63)49-24-18-39-14-16-43-32-47(62(7,8)9)34-45-22-28-53(49)60(39)58(43)45/h10,13-28,31-36H,1-2,11-12,29-30H2,3-9H3. The molecular formula is C63H56O2. The number of carbonyl (C=O) groups is 1. The van der Waals surface area contributed by atoms with Crippen molar-refractivity contribution >= 4 is 70.6 Å². The zero-order valence-corrected chi connectivity index (χ0v) is 38.8. The molecule has 10 aromatic rings. The van der Waals surface area contributed by atoms with E-state index < -0.39 is 5.41 Å². The van der Waals surface area contributed by atoms with E-state index >= 15 is 0 Å². The lowest BCUT2D eigenvalue weighted by Crippen LogP contribution is -2.27. The predicted molar refractivity (Wildman–Crippen MR) is 278 cm³/mol. The Hall–Kier alpha value is -6.77. The van der Waals surface area contributed by atoms with Crippen molar-refractivity contribution in [1.82, 2.24) is 0 Å². The average Bonchev–Trinajstić information content (AvgIpc) is 3.57. The van der Waals surface area contributed by atoms with Crippen LogP contribution in [-0.2, 0) is 25.8 Å². The van der Waals surface area contributed by atoms with Gasteiger partial charge in [0.15, 0.2) is 0 Å². The van der Waals surface area contributed by atoms with Gasteiger partial charge in [-0.2, -0.15) is 0 Å². The lowest BCUT2D eigenvalue weighted by Gasteiger charge is -2.34. The fourth-order valence-corrected chi connectivity index (χ4v) is 11.4. The first-order valence-corrected chi connectivity index (χ1v) is 23.4. The van der Waals surface area contributed by atoms with Gasteiger partial charge in [0.2, 0.25) is 0 Å². The third-order valence-corrected chi connectivity index (χ3v) is 14.9. The zero-order chi connectivity index (χ0) is 45.2. The molecule has 0 fully saturated rings. The lowest BCUT2D eigenvalue weighted by molar-refractivity contribution is -0.137. The Morgan fingerprint density at radius 2 is 0.923 bits per heavy atom. The van der Waals surface area contributed by atoms with Gasteiger partial charge < -0.3 is 4.74 Å². The molecular weight excluding hydrogens is 789 g/mol. The second kappa shape index (κ2) is 14.6. The van der Waals surface area contributed by atoms with E-state index in [1.807, 2.05) is 0 Å². The molecule has 0 saturated heterocycles. The van der Waals surface area contributed by atoms with Crippen molar-refractivity contribution in [3.63, 3.8) is 0 Å². The predicted octanol–water partition coefficient (Wildman–Crippen LogP) is 17.2. The van der Waals surface area contributed by atoms with Crippen molar-refractivity contribution in [3.8, 4) is 33.4 Å². The van der Waals surface area contributed by atoms with Crippen LogP contribution in [0.3, 0.4) is 0 Å². The zero-order valence-electron chi connectivity index (χ0n) is 38.8. The Morgan fingerprint density at radius 3 is 1.34 bits per heavy atom. The highest BCUT2D eigenvalue weighted by molar-refractivity contribution is 6.27. The highest BCUT2D eigenvalue weighted by Crippen LogP contribution is 2.57. The molecule has 2 nitrogen and oxygen atoms in total. The number of esters is 1. The Bertz CT molecular complexity index is 3350. The Labute approximate surface area is 382 Å². The number of fused-ring (bicyclic) bond motifs is 3. The van der Waals surface area contributed by atoms with Crippen LogP contribution >= 0.6 is 0 Å². The molecule has 0 unspecified atom stereocenters. The van der Waals surface area contributed by atoms with Gasteiger partial charge in [0.1, 0.15) is 0 Å². The number of allylic oxidation sites excluding steroid dienone is 1. The quantitative estimate of drug-likeness (QED) is 0.0476. The van der Waals surface area contributed by atoms with Gasteiger partial charge in [0.05, 0.1) is 6.61 Å². The highest BCUT2D eigenvalue weighted by Gasteiger charge is 2.44. The minimum absolute atomic E-state index is 0.0584. The molecule has 0 amide bonds. The van der Waals surface area contributed by atoms with E-state index in [0.29, 0.717) is 6.61 Å². The van der Waals surface area contributed by atoms with Gasteiger partial charge in [-0.05, 0) is 169 Å². The summed E-state index contributed by atoms with van der Waals surface area (Å²) in [5, 5.41) is 15.6. The van der Waals surface area contributed by atoms with Gasteiger partial charge in [0.25, 0.3) is 0 Å². The van der Waals surface area contributed by atoms with Crippen LogP contribution in [0.5, 0.6) is 0 Å². The molecule has 1 aliphatic carbocycles. The van der Waals surface area contributed by atoms with Gasteiger partial charge in [-0.25, -0.2) is 4.79 Å². The van der Waals surface area contributed by atoms with Crippen LogP contribution in [0.4, 0.5) is 0 Å². The van der Waals surface area contributed by atoms with Crippen LogP contribution in [0.1, 0.15) is 90.0 Å². The molecule has 11 rings (SSSR count). The van der Waals surface area contributed by atoms with Gasteiger partial charge in [-0.15, -0.1) is 0 Å². The SMILES string of the molecule is C=CC(=O)OCCCCC1(C(=C)C)c2cc(-c3ccc4ccc5cc(C(C)(C)C)cc6ccc3c4c56)ccc2-c2ccc(-c3ccc4ccc5cc(C(C)(C)C)cc6ccc3c4c56)cc21. The summed E-state index contributed by atoms with van der Waals surface area (Å²) in [5.41, 5.74) is 13.5. The lowest BCUT2D eigenvalue weighted by atomic mass is 9.69. The number of carbonyl (C=O) groups excluding carboxylic acids is 1. The van der Waals surface area contributed by atoms with E-state index in [9.17, 15) is 4.79 Å². The molecule has 320 valence electrons. The van der Waals surface area contributed by atoms with Crippen molar-refractivity contribution in [2.24, 2.45) is 0 Å². The van der Waals surface area contributed by atoms with Crippen molar-refractivity contribution < 1.29 is 9.53 Å². The molecule has 0 spiro atoms. The summed E-state index contributed by atoms with van der Waals surface area (Å²) in [6.45, 7) is 24.7. The molecule has 0 radical (unpaired) electrons. The third-order valence-electron chi connectivity index (χ3n) is 14.9. The summed E-state index contributed by atoms with van der Waals surface area (Å²) < 4.78 is 5.49. The molecule has 0 aliphatic heterocycles. The maximum atomic E-state index is 12.0. The largest absolute Gasteiger partial charge is 0.463 e. The van der Waals surface area contributed by atoms with Crippen LogP contribution in [0, 0.1) is 0 Å². The highest BCUT2D eigenvalue weighted by atomic mass is 16.5. The van der Waals surface area contributed by atoms with Gasteiger partial charge in [0, 0.05) is 11.5 Å². The molecule has 0 saturated carbocycles.